The fourth-order valence-corrected chi connectivity index (χ4v) is 1.85. The van der Waals surface area contributed by atoms with E-state index in [1.165, 1.54) is 12.1 Å². The van der Waals surface area contributed by atoms with Gasteiger partial charge >= 0.3 is 0 Å². The second kappa shape index (κ2) is 5.63. The van der Waals surface area contributed by atoms with Crippen molar-refractivity contribution in [1.82, 2.24) is 0 Å². The molecule has 102 valence electrons. The first-order valence-corrected chi connectivity index (χ1v) is 6.11. The molecule has 0 aliphatic carbocycles. The highest BCUT2D eigenvalue weighted by molar-refractivity contribution is 6.31. The van der Waals surface area contributed by atoms with E-state index in [1.54, 1.807) is 30.3 Å². The summed E-state index contributed by atoms with van der Waals surface area (Å²) >= 11 is 5.83. The van der Waals surface area contributed by atoms with Crippen LogP contribution in [-0.4, -0.2) is 11.8 Å². The monoisotopic (exact) mass is 289 g/mol. The Hall–Kier alpha value is -2.53. The summed E-state index contributed by atoms with van der Waals surface area (Å²) in [5.41, 5.74) is 12.2. The first-order valence-electron chi connectivity index (χ1n) is 5.73. The third-order valence-corrected chi connectivity index (χ3v) is 2.90. The Labute approximate surface area is 120 Å². The lowest BCUT2D eigenvalue weighted by Crippen LogP contribution is -2.15. The molecule has 0 radical (unpaired) electrons. The molecule has 5 nitrogen and oxygen atoms in total. The van der Waals surface area contributed by atoms with Crippen molar-refractivity contribution >= 4 is 34.8 Å². The van der Waals surface area contributed by atoms with E-state index < -0.39 is 11.8 Å². The molecule has 0 saturated heterocycles. The molecule has 0 aromatic heterocycles. The van der Waals surface area contributed by atoms with Gasteiger partial charge in [-0.15, -0.1) is 0 Å². The van der Waals surface area contributed by atoms with Crippen LogP contribution < -0.4 is 16.8 Å². The summed E-state index contributed by atoms with van der Waals surface area (Å²) in [7, 11) is 0. The van der Waals surface area contributed by atoms with Crippen LogP contribution in [-0.2, 0) is 0 Å². The summed E-state index contributed by atoms with van der Waals surface area (Å²) in [5.74, 6) is -0.977. The number of nitrogens with one attached hydrogen (secondary N) is 1. The number of hydrogen-bond donors (Lipinski definition) is 3. The van der Waals surface area contributed by atoms with Crippen molar-refractivity contribution in [3.63, 3.8) is 0 Å². The van der Waals surface area contributed by atoms with Gasteiger partial charge < -0.3 is 16.8 Å². The normalized spacial score (nSPS) is 10.1. The van der Waals surface area contributed by atoms with Crippen LogP contribution in [0.3, 0.4) is 0 Å². The summed E-state index contributed by atoms with van der Waals surface area (Å²) in [4.78, 5) is 23.2. The molecule has 0 fully saturated rings. The fraction of sp³-hybridized carbons (Fsp3) is 0. The summed E-state index contributed by atoms with van der Waals surface area (Å²) < 4.78 is 0. The minimum atomic E-state index is -0.566. The highest BCUT2D eigenvalue weighted by Crippen LogP contribution is 2.19. The summed E-state index contributed by atoms with van der Waals surface area (Å²) in [6.07, 6.45) is 0. The number of anilines is 2. The fourth-order valence-electron chi connectivity index (χ4n) is 1.67. The van der Waals surface area contributed by atoms with Gasteiger partial charge in [0.2, 0.25) is 5.91 Å². The lowest BCUT2D eigenvalue weighted by Gasteiger charge is -2.08. The second-order valence-corrected chi connectivity index (χ2v) is 4.57. The van der Waals surface area contributed by atoms with Crippen LogP contribution in [0.1, 0.15) is 20.7 Å². The van der Waals surface area contributed by atoms with Gasteiger partial charge in [-0.3, -0.25) is 9.59 Å². The van der Waals surface area contributed by atoms with Crippen molar-refractivity contribution in [1.29, 1.82) is 0 Å². The van der Waals surface area contributed by atoms with Crippen LogP contribution in [0.5, 0.6) is 0 Å². The predicted molar refractivity (Wildman–Crippen MR) is 78.8 cm³/mol. The van der Waals surface area contributed by atoms with E-state index in [1.807, 2.05) is 0 Å². The topological polar surface area (TPSA) is 98.2 Å². The molecule has 0 saturated carbocycles. The number of amides is 2. The van der Waals surface area contributed by atoms with Gasteiger partial charge in [0, 0.05) is 22.0 Å². The molecule has 2 aromatic rings. The first kappa shape index (κ1) is 13.9. The van der Waals surface area contributed by atoms with Gasteiger partial charge in [-0.05, 0) is 36.4 Å². The number of carbonyl (C=O) groups excluding carboxylic acids is 2. The van der Waals surface area contributed by atoms with Crippen LogP contribution in [0.25, 0.3) is 0 Å². The minimum Gasteiger partial charge on any atom is -0.398 e. The lowest BCUT2D eigenvalue weighted by molar-refractivity contribution is 0.0996. The zero-order chi connectivity index (χ0) is 14.7. The van der Waals surface area contributed by atoms with Crippen molar-refractivity contribution in [2.75, 3.05) is 11.1 Å². The summed E-state index contributed by atoms with van der Waals surface area (Å²) in [6.45, 7) is 0. The quantitative estimate of drug-likeness (QED) is 0.756. The number of primary amides is 1. The third-order valence-electron chi connectivity index (χ3n) is 2.66. The Morgan fingerprint density at radius 2 is 1.85 bits per heavy atom. The zero-order valence-electron chi connectivity index (χ0n) is 10.4. The van der Waals surface area contributed by atoms with E-state index in [-0.39, 0.29) is 5.56 Å². The third kappa shape index (κ3) is 3.07. The molecule has 5 N–H and O–H groups in total. The van der Waals surface area contributed by atoms with Crippen LogP contribution in [0.15, 0.2) is 42.5 Å². The number of halogens is 1. The van der Waals surface area contributed by atoms with E-state index in [2.05, 4.69) is 5.32 Å². The average Bonchev–Trinajstić information content (AvgIpc) is 2.41. The summed E-state index contributed by atoms with van der Waals surface area (Å²) in [6, 6.07) is 10.9. The number of nitrogens with two attached hydrogens (primary N) is 2. The maximum Gasteiger partial charge on any atom is 0.257 e. The molecule has 0 aliphatic heterocycles. The molecule has 2 rings (SSSR count). The first-order chi connectivity index (χ1) is 9.47. The molecular formula is C14H12ClN3O2. The average molecular weight is 290 g/mol. The smallest absolute Gasteiger partial charge is 0.257 e. The number of hydrogen-bond acceptors (Lipinski definition) is 3. The second-order valence-electron chi connectivity index (χ2n) is 4.13. The Kier molecular flexibility index (Phi) is 3.91. The standard InChI is InChI=1S/C14H12ClN3O2/c15-9-4-5-12(16)11(7-9)14(20)18-10-3-1-2-8(6-10)13(17)19/h1-7H,16H2,(H2,17,19)(H,18,20). The molecule has 0 bridgehead atoms. The van der Waals surface area contributed by atoms with E-state index in [0.717, 1.165) is 0 Å². The molecule has 0 unspecified atom stereocenters. The molecular weight excluding hydrogens is 278 g/mol. The molecule has 0 atom stereocenters. The predicted octanol–water partition coefficient (Wildman–Crippen LogP) is 2.27. The van der Waals surface area contributed by atoms with Gasteiger partial charge in [-0.2, -0.15) is 0 Å². The van der Waals surface area contributed by atoms with Crippen LogP contribution in [0.2, 0.25) is 5.02 Å². The maximum absolute atomic E-state index is 12.1. The highest BCUT2D eigenvalue weighted by atomic mass is 35.5. The summed E-state index contributed by atoms with van der Waals surface area (Å²) in [5, 5.41) is 3.05. The van der Waals surface area contributed by atoms with Crippen molar-refractivity contribution in [2.24, 2.45) is 5.73 Å². The molecule has 0 aliphatic rings. The van der Waals surface area contributed by atoms with Crippen LogP contribution >= 0.6 is 11.6 Å². The highest BCUT2D eigenvalue weighted by Gasteiger charge is 2.11. The number of rotatable bonds is 3. The molecule has 0 spiro atoms. The van der Waals surface area contributed by atoms with Gasteiger partial charge in [-0.25, -0.2) is 0 Å². The van der Waals surface area contributed by atoms with Gasteiger partial charge in [-0.1, -0.05) is 17.7 Å². The SMILES string of the molecule is NC(=O)c1cccc(NC(=O)c2cc(Cl)ccc2N)c1. The Balaban J connectivity index is 2.25. The van der Waals surface area contributed by atoms with E-state index in [0.29, 0.717) is 22.0 Å². The van der Waals surface area contributed by atoms with Gasteiger partial charge in [0.15, 0.2) is 0 Å². The lowest BCUT2D eigenvalue weighted by atomic mass is 10.1. The van der Waals surface area contributed by atoms with Crippen LogP contribution in [0.4, 0.5) is 11.4 Å². The van der Waals surface area contributed by atoms with Crippen LogP contribution in [0, 0.1) is 0 Å². The minimum absolute atomic E-state index is 0.266. The number of carbonyl (C=O) groups is 2. The molecule has 0 heterocycles. The largest absolute Gasteiger partial charge is 0.398 e. The molecule has 2 aromatic carbocycles. The van der Waals surface area contributed by atoms with Gasteiger partial charge in [0.05, 0.1) is 5.56 Å². The Morgan fingerprint density at radius 3 is 2.55 bits per heavy atom. The molecule has 2 amide bonds. The van der Waals surface area contributed by atoms with Gasteiger partial charge in [0.25, 0.3) is 5.91 Å². The van der Waals surface area contributed by atoms with Crippen molar-refractivity contribution in [2.45, 2.75) is 0 Å². The van der Waals surface area contributed by atoms with Gasteiger partial charge in [0.1, 0.15) is 0 Å². The van der Waals surface area contributed by atoms with E-state index >= 15 is 0 Å². The Morgan fingerprint density at radius 1 is 1.10 bits per heavy atom. The zero-order valence-corrected chi connectivity index (χ0v) is 11.1. The Bertz CT molecular complexity index is 686. The van der Waals surface area contributed by atoms with E-state index in [4.69, 9.17) is 23.1 Å². The maximum atomic E-state index is 12.1. The molecule has 20 heavy (non-hydrogen) atoms. The van der Waals surface area contributed by atoms with Crippen molar-refractivity contribution < 1.29 is 9.59 Å². The van der Waals surface area contributed by atoms with Crippen molar-refractivity contribution in [3.8, 4) is 0 Å². The number of benzene rings is 2. The van der Waals surface area contributed by atoms with Crippen molar-refractivity contribution in [3.05, 3.63) is 58.6 Å². The molecule has 6 heteroatoms. The van der Waals surface area contributed by atoms with E-state index in [9.17, 15) is 9.59 Å². The number of nitrogen functional groups attached to an aromatic ring is 1.